The van der Waals surface area contributed by atoms with E-state index < -0.39 is 5.97 Å². The van der Waals surface area contributed by atoms with Gasteiger partial charge in [-0.15, -0.1) is 0 Å². The first kappa shape index (κ1) is 13.0. The van der Waals surface area contributed by atoms with Gasteiger partial charge in [-0.1, -0.05) is 0 Å². The lowest BCUT2D eigenvalue weighted by Gasteiger charge is -2.17. The molecule has 0 aliphatic carbocycles. The van der Waals surface area contributed by atoms with E-state index in [1.807, 2.05) is 0 Å². The molecule has 0 amide bonds. The first-order valence-electron chi connectivity index (χ1n) is 5.33. The Kier molecular flexibility index (Phi) is 4.50. The van der Waals surface area contributed by atoms with E-state index in [0.29, 0.717) is 5.82 Å². The molecule has 2 rings (SSSR count). The number of nitrogens with zero attached hydrogens (tertiary/aromatic N) is 3. The number of carboxylic acid groups (broad SMARTS) is 1. The number of aliphatic carboxylic acids is 1. The molecule has 0 aromatic carbocycles. The summed E-state index contributed by atoms with van der Waals surface area (Å²) in [7, 11) is 0. The summed E-state index contributed by atoms with van der Waals surface area (Å²) in [6.45, 7) is 3.16. The molecule has 1 saturated heterocycles. The van der Waals surface area contributed by atoms with E-state index in [1.165, 1.54) is 12.8 Å². The van der Waals surface area contributed by atoms with E-state index in [9.17, 15) is 0 Å². The number of carboxylic acids is 1. The topological polar surface area (TPSA) is 118 Å². The minimum atomic E-state index is -0.833. The molecule has 0 unspecified atom stereocenters. The number of rotatable bonds is 1. The molecule has 0 atom stereocenters. The number of aromatic nitrogens is 2. The summed E-state index contributed by atoms with van der Waals surface area (Å²) < 4.78 is 0. The van der Waals surface area contributed by atoms with Crippen LogP contribution in [0.3, 0.4) is 0 Å². The van der Waals surface area contributed by atoms with Crippen LogP contribution in [0.4, 0.5) is 17.5 Å². The van der Waals surface area contributed by atoms with E-state index in [0.717, 1.165) is 25.7 Å². The van der Waals surface area contributed by atoms with Gasteiger partial charge in [-0.2, -0.15) is 4.98 Å². The molecule has 1 aromatic rings. The average Bonchev–Trinajstić information content (AvgIpc) is 2.69. The second kappa shape index (κ2) is 5.88. The molecule has 1 fully saturated rings. The Balaban J connectivity index is 0.000000317. The molecule has 0 saturated carbocycles. The van der Waals surface area contributed by atoms with E-state index in [4.69, 9.17) is 21.4 Å². The van der Waals surface area contributed by atoms with E-state index >= 15 is 0 Å². The fourth-order valence-electron chi connectivity index (χ4n) is 1.60. The maximum atomic E-state index is 9.00. The lowest BCUT2D eigenvalue weighted by atomic mass is 10.4. The van der Waals surface area contributed by atoms with Crippen molar-refractivity contribution >= 4 is 23.4 Å². The highest BCUT2D eigenvalue weighted by Gasteiger charge is 2.15. The van der Waals surface area contributed by atoms with Gasteiger partial charge in [-0.05, 0) is 12.8 Å². The van der Waals surface area contributed by atoms with Crippen LogP contribution in [0.15, 0.2) is 6.20 Å². The number of hydrogen-bond donors (Lipinski definition) is 3. The van der Waals surface area contributed by atoms with Crippen molar-refractivity contribution in [3.05, 3.63) is 6.20 Å². The average molecular weight is 239 g/mol. The number of anilines is 3. The second-order valence-corrected chi connectivity index (χ2v) is 3.71. The molecule has 2 heterocycles. The molecular weight excluding hydrogens is 222 g/mol. The normalized spacial score (nSPS) is 14.1. The number of nitrogen functional groups attached to an aromatic ring is 2. The molecule has 7 nitrogen and oxygen atoms in total. The van der Waals surface area contributed by atoms with Gasteiger partial charge in [0, 0.05) is 20.0 Å². The van der Waals surface area contributed by atoms with Crippen molar-refractivity contribution in [2.75, 3.05) is 29.5 Å². The molecule has 94 valence electrons. The summed E-state index contributed by atoms with van der Waals surface area (Å²) in [6, 6.07) is 0. The van der Waals surface area contributed by atoms with Crippen LogP contribution in [-0.2, 0) is 4.79 Å². The highest BCUT2D eigenvalue weighted by Crippen LogP contribution is 2.24. The molecule has 0 radical (unpaired) electrons. The maximum absolute atomic E-state index is 9.00. The van der Waals surface area contributed by atoms with Crippen LogP contribution in [0.2, 0.25) is 0 Å². The van der Waals surface area contributed by atoms with Crippen molar-refractivity contribution in [1.29, 1.82) is 0 Å². The SMILES string of the molecule is CC(=O)O.Nc1ncc(N2CCCC2)c(N)n1. The van der Waals surface area contributed by atoms with Gasteiger partial charge in [0.1, 0.15) is 0 Å². The first-order valence-corrected chi connectivity index (χ1v) is 5.33. The molecule has 1 aliphatic heterocycles. The minimum Gasteiger partial charge on any atom is -0.481 e. The standard InChI is InChI=1S/C8H13N5.C2H4O2/c9-7-6(5-11-8(10)12-7)13-3-1-2-4-13;1-2(3)4/h5H,1-4H2,(H4,9,10,11,12);1H3,(H,3,4). The molecule has 1 aromatic heterocycles. The van der Waals surface area contributed by atoms with Gasteiger partial charge in [0.2, 0.25) is 5.95 Å². The van der Waals surface area contributed by atoms with Gasteiger partial charge in [0.05, 0.1) is 11.9 Å². The maximum Gasteiger partial charge on any atom is 0.300 e. The van der Waals surface area contributed by atoms with Crippen LogP contribution in [0.5, 0.6) is 0 Å². The van der Waals surface area contributed by atoms with Crippen molar-refractivity contribution in [3.8, 4) is 0 Å². The quantitative estimate of drug-likeness (QED) is 0.646. The summed E-state index contributed by atoms with van der Waals surface area (Å²) in [5.74, 6) is -0.116. The predicted octanol–water partition coefficient (Wildman–Crippen LogP) is 0.332. The van der Waals surface area contributed by atoms with Gasteiger partial charge in [0.15, 0.2) is 5.82 Å². The molecule has 17 heavy (non-hydrogen) atoms. The Morgan fingerprint density at radius 3 is 2.41 bits per heavy atom. The molecule has 0 bridgehead atoms. The van der Waals surface area contributed by atoms with Gasteiger partial charge in [-0.25, -0.2) is 4.98 Å². The zero-order valence-electron chi connectivity index (χ0n) is 9.76. The number of hydrogen-bond acceptors (Lipinski definition) is 6. The van der Waals surface area contributed by atoms with Gasteiger partial charge in [0.25, 0.3) is 5.97 Å². The summed E-state index contributed by atoms with van der Waals surface area (Å²) in [5, 5.41) is 7.42. The Labute approximate surface area is 99.5 Å². The second-order valence-electron chi connectivity index (χ2n) is 3.71. The number of carbonyl (C=O) groups is 1. The highest BCUT2D eigenvalue weighted by molar-refractivity contribution is 5.63. The van der Waals surface area contributed by atoms with Crippen LogP contribution in [0.25, 0.3) is 0 Å². The van der Waals surface area contributed by atoms with Crippen molar-refractivity contribution in [1.82, 2.24) is 9.97 Å². The Hall–Kier alpha value is -2.05. The molecule has 0 spiro atoms. The zero-order valence-corrected chi connectivity index (χ0v) is 9.76. The van der Waals surface area contributed by atoms with Gasteiger partial charge in [-0.3, -0.25) is 4.79 Å². The molecule has 7 heteroatoms. The van der Waals surface area contributed by atoms with Crippen LogP contribution in [0.1, 0.15) is 19.8 Å². The van der Waals surface area contributed by atoms with Gasteiger partial charge < -0.3 is 21.5 Å². The lowest BCUT2D eigenvalue weighted by molar-refractivity contribution is -0.134. The Morgan fingerprint density at radius 1 is 1.41 bits per heavy atom. The van der Waals surface area contributed by atoms with Crippen molar-refractivity contribution in [2.45, 2.75) is 19.8 Å². The zero-order chi connectivity index (χ0) is 12.8. The lowest BCUT2D eigenvalue weighted by Crippen LogP contribution is -2.20. The van der Waals surface area contributed by atoms with Crippen LogP contribution >= 0.6 is 0 Å². The summed E-state index contributed by atoms with van der Waals surface area (Å²) in [4.78, 5) is 19.0. The van der Waals surface area contributed by atoms with E-state index in [-0.39, 0.29) is 5.95 Å². The minimum absolute atomic E-state index is 0.237. The Bertz CT molecular complexity index is 386. The smallest absolute Gasteiger partial charge is 0.300 e. The monoisotopic (exact) mass is 239 g/mol. The Morgan fingerprint density at radius 2 is 1.94 bits per heavy atom. The predicted molar refractivity (Wildman–Crippen MR) is 65.6 cm³/mol. The first-order chi connectivity index (χ1) is 8.00. The van der Waals surface area contributed by atoms with Gasteiger partial charge >= 0.3 is 0 Å². The van der Waals surface area contributed by atoms with E-state index in [1.54, 1.807) is 6.20 Å². The molecule has 1 aliphatic rings. The van der Waals surface area contributed by atoms with Crippen LogP contribution in [0, 0.1) is 0 Å². The molecule has 5 N–H and O–H groups in total. The third-order valence-electron chi connectivity index (χ3n) is 2.26. The number of nitrogens with two attached hydrogens (primary N) is 2. The summed E-state index contributed by atoms with van der Waals surface area (Å²) in [5.41, 5.74) is 12.0. The third kappa shape index (κ3) is 4.13. The van der Waals surface area contributed by atoms with E-state index in [2.05, 4.69) is 14.9 Å². The largest absolute Gasteiger partial charge is 0.481 e. The summed E-state index contributed by atoms with van der Waals surface area (Å²) in [6.07, 6.45) is 4.12. The fraction of sp³-hybridized carbons (Fsp3) is 0.500. The van der Waals surface area contributed by atoms with Crippen LogP contribution in [-0.4, -0.2) is 34.1 Å². The van der Waals surface area contributed by atoms with Crippen molar-refractivity contribution < 1.29 is 9.90 Å². The van der Waals surface area contributed by atoms with Crippen molar-refractivity contribution in [2.24, 2.45) is 0 Å². The summed E-state index contributed by atoms with van der Waals surface area (Å²) >= 11 is 0. The highest BCUT2D eigenvalue weighted by atomic mass is 16.4. The fourth-order valence-corrected chi connectivity index (χ4v) is 1.60. The van der Waals surface area contributed by atoms with Crippen molar-refractivity contribution in [3.63, 3.8) is 0 Å². The van der Waals surface area contributed by atoms with Crippen LogP contribution < -0.4 is 16.4 Å². The third-order valence-corrected chi connectivity index (χ3v) is 2.26. The molecular formula is C10H17N5O2.